The lowest BCUT2D eigenvalue weighted by molar-refractivity contribution is 0.776. The summed E-state index contributed by atoms with van der Waals surface area (Å²) in [5, 5.41) is 0. The molecule has 0 saturated heterocycles. The molecule has 0 N–H and O–H groups in total. The summed E-state index contributed by atoms with van der Waals surface area (Å²) in [6.45, 7) is 3.06. The van der Waals surface area contributed by atoms with Crippen LogP contribution < -0.4 is 0 Å². The Morgan fingerprint density at radius 3 is 2.87 bits per heavy atom. The fourth-order valence-electron chi connectivity index (χ4n) is 1.47. The summed E-state index contributed by atoms with van der Waals surface area (Å²) in [5.41, 5.74) is 1.07. The van der Waals surface area contributed by atoms with Gasteiger partial charge in [-0.25, -0.2) is 4.98 Å². The standard InChI is InChI=1S/C11H13ClN2S/c1-2-10-3-4-11(15-10)7-14-8-13-6-9(14)5-12/h3-4,6,8H,2,5,7H2,1H3. The van der Waals surface area contributed by atoms with E-state index < -0.39 is 0 Å². The molecule has 0 aromatic carbocycles. The molecule has 2 heterocycles. The van der Waals surface area contributed by atoms with E-state index in [0.717, 1.165) is 18.7 Å². The topological polar surface area (TPSA) is 17.8 Å². The Morgan fingerprint density at radius 1 is 1.40 bits per heavy atom. The van der Waals surface area contributed by atoms with Crippen molar-refractivity contribution in [1.82, 2.24) is 9.55 Å². The third-order valence-electron chi connectivity index (χ3n) is 2.33. The van der Waals surface area contributed by atoms with Gasteiger partial charge in [-0.05, 0) is 18.6 Å². The Balaban J connectivity index is 2.14. The number of alkyl halides is 1. The molecule has 0 unspecified atom stereocenters. The molecule has 0 aliphatic carbocycles. The SMILES string of the molecule is CCc1ccc(Cn2cncc2CCl)s1. The summed E-state index contributed by atoms with van der Waals surface area (Å²) in [6, 6.07) is 4.37. The van der Waals surface area contributed by atoms with Crippen LogP contribution in [0.3, 0.4) is 0 Å². The fraction of sp³-hybridized carbons (Fsp3) is 0.364. The molecule has 80 valence electrons. The number of thiophene rings is 1. The first-order valence-corrected chi connectivity index (χ1v) is 6.31. The molecule has 2 nitrogen and oxygen atoms in total. The molecule has 0 saturated carbocycles. The van der Waals surface area contributed by atoms with Crippen LogP contribution in [0.25, 0.3) is 0 Å². The molecular weight excluding hydrogens is 228 g/mol. The highest BCUT2D eigenvalue weighted by Crippen LogP contribution is 2.18. The van der Waals surface area contributed by atoms with Crippen LogP contribution in [0.5, 0.6) is 0 Å². The molecule has 2 aromatic heterocycles. The predicted octanol–water partition coefficient (Wildman–Crippen LogP) is 3.29. The van der Waals surface area contributed by atoms with E-state index in [0.29, 0.717) is 5.88 Å². The lowest BCUT2D eigenvalue weighted by Crippen LogP contribution is -1.99. The molecule has 2 aromatic rings. The van der Waals surface area contributed by atoms with Crippen molar-refractivity contribution in [2.45, 2.75) is 25.8 Å². The molecule has 0 atom stereocenters. The second-order valence-electron chi connectivity index (χ2n) is 3.37. The van der Waals surface area contributed by atoms with Gasteiger partial charge in [0, 0.05) is 16.0 Å². The Bertz CT molecular complexity index is 433. The largest absolute Gasteiger partial charge is 0.328 e. The number of hydrogen-bond acceptors (Lipinski definition) is 2. The maximum absolute atomic E-state index is 5.81. The fourth-order valence-corrected chi connectivity index (χ4v) is 2.65. The van der Waals surface area contributed by atoms with Crippen LogP contribution in [-0.4, -0.2) is 9.55 Å². The highest BCUT2D eigenvalue weighted by atomic mass is 35.5. The summed E-state index contributed by atoms with van der Waals surface area (Å²) in [6.07, 6.45) is 4.77. The predicted molar refractivity (Wildman–Crippen MR) is 64.6 cm³/mol. The molecule has 0 aliphatic heterocycles. The highest BCUT2D eigenvalue weighted by Gasteiger charge is 2.03. The van der Waals surface area contributed by atoms with Crippen LogP contribution in [0.15, 0.2) is 24.7 Å². The quantitative estimate of drug-likeness (QED) is 0.750. The smallest absolute Gasteiger partial charge is 0.0951 e. The highest BCUT2D eigenvalue weighted by molar-refractivity contribution is 7.11. The van der Waals surface area contributed by atoms with E-state index in [9.17, 15) is 0 Å². The molecule has 0 bridgehead atoms. The number of hydrogen-bond donors (Lipinski definition) is 0. The van der Waals surface area contributed by atoms with Crippen molar-refractivity contribution in [2.75, 3.05) is 0 Å². The van der Waals surface area contributed by atoms with E-state index >= 15 is 0 Å². The zero-order valence-electron chi connectivity index (χ0n) is 8.61. The number of rotatable bonds is 4. The number of aromatic nitrogens is 2. The van der Waals surface area contributed by atoms with E-state index in [4.69, 9.17) is 11.6 Å². The van der Waals surface area contributed by atoms with Crippen molar-refractivity contribution in [2.24, 2.45) is 0 Å². The summed E-state index contributed by atoms with van der Waals surface area (Å²) in [5.74, 6) is 0.520. The lowest BCUT2D eigenvalue weighted by atomic mass is 10.3. The second kappa shape index (κ2) is 4.81. The lowest BCUT2D eigenvalue weighted by Gasteiger charge is -2.03. The van der Waals surface area contributed by atoms with Crippen LogP contribution >= 0.6 is 22.9 Å². The minimum atomic E-state index is 0.520. The van der Waals surface area contributed by atoms with Crippen LogP contribution in [0, 0.1) is 0 Å². The number of aryl methyl sites for hydroxylation is 1. The van der Waals surface area contributed by atoms with E-state index in [1.165, 1.54) is 9.75 Å². The van der Waals surface area contributed by atoms with E-state index in [-0.39, 0.29) is 0 Å². The van der Waals surface area contributed by atoms with Gasteiger partial charge in [0.05, 0.1) is 24.4 Å². The zero-order valence-corrected chi connectivity index (χ0v) is 10.2. The average molecular weight is 241 g/mol. The van der Waals surface area contributed by atoms with Gasteiger partial charge >= 0.3 is 0 Å². The molecule has 0 fully saturated rings. The van der Waals surface area contributed by atoms with Gasteiger partial charge in [-0.1, -0.05) is 6.92 Å². The normalized spacial score (nSPS) is 10.8. The molecule has 2 rings (SSSR count). The van der Waals surface area contributed by atoms with Crippen LogP contribution in [0.2, 0.25) is 0 Å². The second-order valence-corrected chi connectivity index (χ2v) is 4.89. The molecule has 0 aliphatic rings. The molecule has 0 amide bonds. The van der Waals surface area contributed by atoms with Gasteiger partial charge < -0.3 is 4.57 Å². The van der Waals surface area contributed by atoms with Gasteiger partial charge in [0.25, 0.3) is 0 Å². The van der Waals surface area contributed by atoms with Gasteiger partial charge in [0.1, 0.15) is 0 Å². The number of imidazole rings is 1. The van der Waals surface area contributed by atoms with E-state index in [1.807, 2.05) is 23.9 Å². The molecule has 15 heavy (non-hydrogen) atoms. The van der Waals surface area contributed by atoms with E-state index in [1.54, 1.807) is 0 Å². The van der Waals surface area contributed by atoms with Crippen molar-refractivity contribution in [3.63, 3.8) is 0 Å². The van der Waals surface area contributed by atoms with Crippen LogP contribution in [0.4, 0.5) is 0 Å². The maximum atomic E-state index is 5.81. The summed E-state index contributed by atoms with van der Waals surface area (Å²) in [4.78, 5) is 6.89. The molecule has 0 spiro atoms. The van der Waals surface area contributed by atoms with Gasteiger partial charge in [-0.15, -0.1) is 22.9 Å². The number of nitrogens with zero attached hydrogens (tertiary/aromatic N) is 2. The monoisotopic (exact) mass is 240 g/mol. The average Bonchev–Trinajstić information content (AvgIpc) is 2.87. The van der Waals surface area contributed by atoms with Crippen molar-refractivity contribution < 1.29 is 0 Å². The van der Waals surface area contributed by atoms with Crippen molar-refractivity contribution >= 4 is 22.9 Å². The first-order chi connectivity index (χ1) is 7.33. The Morgan fingerprint density at radius 2 is 2.20 bits per heavy atom. The first kappa shape index (κ1) is 10.7. The first-order valence-electron chi connectivity index (χ1n) is 4.96. The Labute approximate surface area is 98.5 Å². The van der Waals surface area contributed by atoms with Gasteiger partial charge in [-0.2, -0.15) is 0 Å². The van der Waals surface area contributed by atoms with Gasteiger partial charge in [-0.3, -0.25) is 0 Å². The van der Waals surface area contributed by atoms with Crippen LogP contribution in [-0.2, 0) is 18.8 Å². The summed E-state index contributed by atoms with van der Waals surface area (Å²) in [7, 11) is 0. The van der Waals surface area contributed by atoms with Gasteiger partial charge in [0.2, 0.25) is 0 Å². The maximum Gasteiger partial charge on any atom is 0.0951 e. The Hall–Kier alpha value is -0.800. The van der Waals surface area contributed by atoms with Crippen molar-refractivity contribution in [3.8, 4) is 0 Å². The molecule has 4 heteroatoms. The summed E-state index contributed by atoms with van der Waals surface area (Å²) < 4.78 is 2.10. The third-order valence-corrected chi connectivity index (χ3v) is 3.82. The summed E-state index contributed by atoms with van der Waals surface area (Å²) >= 11 is 7.67. The van der Waals surface area contributed by atoms with Gasteiger partial charge in [0.15, 0.2) is 0 Å². The minimum absolute atomic E-state index is 0.520. The minimum Gasteiger partial charge on any atom is -0.328 e. The molecule has 0 radical (unpaired) electrons. The van der Waals surface area contributed by atoms with Crippen molar-refractivity contribution in [3.05, 3.63) is 40.1 Å². The number of halogens is 1. The van der Waals surface area contributed by atoms with Crippen LogP contribution in [0.1, 0.15) is 22.4 Å². The Kier molecular flexibility index (Phi) is 3.44. The molecular formula is C11H13ClN2S. The van der Waals surface area contributed by atoms with E-state index in [2.05, 4.69) is 28.6 Å². The zero-order chi connectivity index (χ0) is 10.7. The van der Waals surface area contributed by atoms with Crippen molar-refractivity contribution in [1.29, 1.82) is 0 Å². The third kappa shape index (κ3) is 2.41.